The summed E-state index contributed by atoms with van der Waals surface area (Å²) in [6.45, 7) is 2.40. The highest BCUT2D eigenvalue weighted by atomic mass is 32.2. The number of nitrogens with one attached hydrogen (secondary N) is 1. The number of nitrogens with zero attached hydrogens (tertiary/aromatic N) is 1. The SMILES string of the molecule is CCOC(=O)c1c(NC(=O)COC(=O)c2ccc(S(=O)(=O)N3CCCCC3)cc2)sc2c1CCCC2. The Labute approximate surface area is 214 Å². The summed E-state index contributed by atoms with van der Waals surface area (Å²) >= 11 is 1.36. The predicted octanol–water partition coefficient (Wildman–Crippen LogP) is 3.77. The van der Waals surface area contributed by atoms with E-state index in [-0.39, 0.29) is 17.1 Å². The first-order chi connectivity index (χ1) is 17.3. The monoisotopic (exact) mass is 534 g/mol. The number of sulfonamides is 1. The van der Waals surface area contributed by atoms with Crippen molar-refractivity contribution in [2.24, 2.45) is 0 Å². The average Bonchev–Trinajstić information content (AvgIpc) is 3.25. The molecule has 36 heavy (non-hydrogen) atoms. The van der Waals surface area contributed by atoms with Gasteiger partial charge >= 0.3 is 11.9 Å². The van der Waals surface area contributed by atoms with Gasteiger partial charge < -0.3 is 14.8 Å². The normalized spacial score (nSPS) is 16.1. The molecule has 1 N–H and O–H groups in total. The van der Waals surface area contributed by atoms with Crippen molar-refractivity contribution >= 4 is 44.2 Å². The molecule has 0 unspecified atom stereocenters. The van der Waals surface area contributed by atoms with Gasteiger partial charge in [0, 0.05) is 18.0 Å². The first-order valence-corrected chi connectivity index (χ1v) is 14.5. The van der Waals surface area contributed by atoms with E-state index in [4.69, 9.17) is 9.47 Å². The van der Waals surface area contributed by atoms with E-state index in [1.165, 1.54) is 39.9 Å². The van der Waals surface area contributed by atoms with Crippen LogP contribution in [0.3, 0.4) is 0 Å². The zero-order valence-corrected chi connectivity index (χ0v) is 21.8. The number of fused-ring (bicyclic) bond motifs is 1. The Kier molecular flexibility index (Phi) is 8.43. The van der Waals surface area contributed by atoms with Gasteiger partial charge in [0.15, 0.2) is 6.61 Å². The minimum absolute atomic E-state index is 0.117. The van der Waals surface area contributed by atoms with Crippen LogP contribution in [0.25, 0.3) is 0 Å². The molecule has 2 heterocycles. The van der Waals surface area contributed by atoms with Gasteiger partial charge in [0.1, 0.15) is 5.00 Å². The third-order valence-electron chi connectivity index (χ3n) is 6.28. The molecule has 1 saturated heterocycles. The summed E-state index contributed by atoms with van der Waals surface area (Å²) in [4.78, 5) is 38.7. The summed E-state index contributed by atoms with van der Waals surface area (Å²) in [7, 11) is -3.60. The van der Waals surface area contributed by atoms with E-state index in [2.05, 4.69) is 5.32 Å². The van der Waals surface area contributed by atoms with Crippen LogP contribution < -0.4 is 5.32 Å². The first kappa shape index (κ1) is 26.3. The minimum Gasteiger partial charge on any atom is -0.462 e. The van der Waals surface area contributed by atoms with Crippen molar-refractivity contribution < 1.29 is 32.3 Å². The van der Waals surface area contributed by atoms with Gasteiger partial charge in [-0.15, -0.1) is 11.3 Å². The highest BCUT2D eigenvalue weighted by Crippen LogP contribution is 2.38. The second kappa shape index (κ2) is 11.5. The molecular formula is C25H30N2O7S2. The summed E-state index contributed by atoms with van der Waals surface area (Å²) in [5.41, 5.74) is 1.46. The lowest BCUT2D eigenvalue weighted by atomic mass is 9.95. The standard InChI is InChI=1S/C25H30N2O7S2/c1-2-33-25(30)22-19-8-4-5-9-20(19)35-23(22)26-21(28)16-34-24(29)17-10-12-18(13-11-17)36(31,32)27-14-6-3-7-15-27/h10-13H,2-9,14-16H2,1H3,(H,26,28). The fourth-order valence-corrected chi connectivity index (χ4v) is 7.28. The van der Waals surface area contributed by atoms with Crippen LogP contribution >= 0.6 is 11.3 Å². The van der Waals surface area contributed by atoms with Crippen molar-refractivity contribution in [1.29, 1.82) is 0 Å². The highest BCUT2D eigenvalue weighted by Gasteiger charge is 2.28. The molecule has 4 rings (SSSR count). The van der Waals surface area contributed by atoms with Crippen LogP contribution in [0.1, 0.15) is 70.2 Å². The van der Waals surface area contributed by atoms with Gasteiger partial charge in [-0.3, -0.25) is 4.79 Å². The lowest BCUT2D eigenvalue weighted by molar-refractivity contribution is -0.119. The van der Waals surface area contributed by atoms with Crippen LogP contribution in [0.2, 0.25) is 0 Å². The van der Waals surface area contributed by atoms with Crippen LogP contribution in [-0.4, -0.2) is 56.9 Å². The van der Waals surface area contributed by atoms with Crippen LogP contribution in [0.5, 0.6) is 0 Å². The maximum atomic E-state index is 12.8. The number of hydrogen-bond donors (Lipinski definition) is 1. The van der Waals surface area contributed by atoms with Crippen molar-refractivity contribution in [3.05, 3.63) is 45.8 Å². The molecule has 1 aromatic heterocycles. The Hall–Kier alpha value is -2.76. The van der Waals surface area contributed by atoms with Gasteiger partial charge in [0.2, 0.25) is 10.0 Å². The molecule has 0 bridgehead atoms. The van der Waals surface area contributed by atoms with Crippen molar-refractivity contribution in [2.75, 3.05) is 31.6 Å². The second-order valence-corrected chi connectivity index (χ2v) is 11.8. The summed E-state index contributed by atoms with van der Waals surface area (Å²) in [6, 6.07) is 5.51. The van der Waals surface area contributed by atoms with E-state index < -0.39 is 34.5 Å². The fourth-order valence-electron chi connectivity index (χ4n) is 4.47. The number of piperidine rings is 1. The molecule has 2 aromatic rings. The predicted molar refractivity (Wildman–Crippen MR) is 135 cm³/mol. The Morgan fingerprint density at radius 3 is 2.33 bits per heavy atom. The number of esters is 2. The number of carbonyl (C=O) groups is 3. The zero-order chi connectivity index (χ0) is 25.7. The molecule has 0 atom stereocenters. The van der Waals surface area contributed by atoms with Gasteiger partial charge in [-0.25, -0.2) is 18.0 Å². The number of carbonyl (C=O) groups excluding carboxylic acids is 3. The molecule has 1 aliphatic heterocycles. The summed E-state index contributed by atoms with van der Waals surface area (Å²) < 4.78 is 37.3. The average molecular weight is 535 g/mol. The fraction of sp³-hybridized carbons (Fsp3) is 0.480. The van der Waals surface area contributed by atoms with E-state index in [0.29, 0.717) is 23.7 Å². The maximum absolute atomic E-state index is 12.8. The maximum Gasteiger partial charge on any atom is 0.341 e. The molecule has 0 spiro atoms. The van der Waals surface area contributed by atoms with E-state index in [0.717, 1.165) is 55.4 Å². The molecule has 2 aliphatic rings. The Balaban J connectivity index is 1.37. The van der Waals surface area contributed by atoms with Gasteiger partial charge in [-0.2, -0.15) is 4.31 Å². The number of aryl methyl sites for hydroxylation is 1. The van der Waals surface area contributed by atoms with E-state index in [1.54, 1.807) is 6.92 Å². The Morgan fingerprint density at radius 2 is 1.64 bits per heavy atom. The number of amides is 1. The molecule has 0 radical (unpaired) electrons. The molecule has 1 fully saturated rings. The van der Waals surface area contributed by atoms with Gasteiger partial charge in [0.25, 0.3) is 5.91 Å². The molecule has 0 saturated carbocycles. The molecule has 9 nitrogen and oxygen atoms in total. The molecule has 1 aliphatic carbocycles. The van der Waals surface area contributed by atoms with Crippen molar-refractivity contribution in [3.63, 3.8) is 0 Å². The zero-order valence-electron chi connectivity index (χ0n) is 20.2. The summed E-state index contributed by atoms with van der Waals surface area (Å²) in [5, 5.41) is 3.11. The van der Waals surface area contributed by atoms with E-state index >= 15 is 0 Å². The lowest BCUT2D eigenvalue weighted by Crippen LogP contribution is -2.35. The lowest BCUT2D eigenvalue weighted by Gasteiger charge is -2.25. The highest BCUT2D eigenvalue weighted by molar-refractivity contribution is 7.89. The first-order valence-electron chi connectivity index (χ1n) is 12.2. The quantitative estimate of drug-likeness (QED) is 0.512. The molecule has 1 aromatic carbocycles. The van der Waals surface area contributed by atoms with Crippen LogP contribution in [0.15, 0.2) is 29.2 Å². The Morgan fingerprint density at radius 1 is 0.944 bits per heavy atom. The topological polar surface area (TPSA) is 119 Å². The van der Waals surface area contributed by atoms with Gasteiger partial charge in [-0.1, -0.05) is 6.42 Å². The van der Waals surface area contributed by atoms with Crippen molar-refractivity contribution in [2.45, 2.75) is 56.8 Å². The minimum atomic E-state index is -3.60. The molecular weight excluding hydrogens is 504 g/mol. The molecule has 194 valence electrons. The van der Waals surface area contributed by atoms with Gasteiger partial charge in [0.05, 0.1) is 22.6 Å². The van der Waals surface area contributed by atoms with Crippen molar-refractivity contribution in [3.8, 4) is 0 Å². The number of hydrogen-bond acceptors (Lipinski definition) is 8. The van der Waals surface area contributed by atoms with Crippen LogP contribution in [-0.2, 0) is 37.1 Å². The van der Waals surface area contributed by atoms with E-state index in [9.17, 15) is 22.8 Å². The number of benzene rings is 1. The molecule has 1 amide bonds. The third kappa shape index (κ3) is 5.79. The third-order valence-corrected chi connectivity index (χ3v) is 9.40. The largest absolute Gasteiger partial charge is 0.462 e. The second-order valence-electron chi connectivity index (χ2n) is 8.75. The van der Waals surface area contributed by atoms with Crippen LogP contribution in [0, 0.1) is 0 Å². The number of ether oxygens (including phenoxy) is 2. The van der Waals surface area contributed by atoms with Crippen LogP contribution in [0.4, 0.5) is 5.00 Å². The number of anilines is 1. The number of thiophene rings is 1. The summed E-state index contributed by atoms with van der Waals surface area (Å²) in [6.07, 6.45) is 6.29. The summed E-state index contributed by atoms with van der Waals surface area (Å²) in [5.74, 6) is -1.79. The smallest absolute Gasteiger partial charge is 0.341 e. The van der Waals surface area contributed by atoms with E-state index in [1.807, 2.05) is 0 Å². The van der Waals surface area contributed by atoms with Crippen molar-refractivity contribution in [1.82, 2.24) is 4.31 Å². The molecule has 11 heteroatoms. The van der Waals surface area contributed by atoms with Gasteiger partial charge in [-0.05, 0) is 75.3 Å². The number of rotatable bonds is 8. The Bertz CT molecular complexity index is 1230.